The minimum Gasteiger partial charge on any atom is -0.319 e. The zero-order valence-electron chi connectivity index (χ0n) is 8.97. The summed E-state index contributed by atoms with van der Waals surface area (Å²) in [5.74, 6) is 0. The lowest BCUT2D eigenvalue weighted by Crippen LogP contribution is -2.23. The standard InChI is InChI=1S/C11H18N2S/c1-3-4-10-13-9(7-14-10)11(5-6-11)8-12-2/h7,12H,3-6,8H2,1-2H3. The van der Waals surface area contributed by atoms with Gasteiger partial charge in [0.05, 0.1) is 10.7 Å². The number of hydrogen-bond donors (Lipinski definition) is 1. The Bertz CT molecular complexity index is 302. The van der Waals surface area contributed by atoms with Crippen molar-refractivity contribution < 1.29 is 0 Å². The largest absolute Gasteiger partial charge is 0.319 e. The third-order valence-corrected chi connectivity index (χ3v) is 3.84. The van der Waals surface area contributed by atoms with Gasteiger partial charge in [-0.05, 0) is 32.7 Å². The molecule has 0 saturated heterocycles. The van der Waals surface area contributed by atoms with E-state index in [4.69, 9.17) is 4.98 Å². The summed E-state index contributed by atoms with van der Waals surface area (Å²) in [5.41, 5.74) is 1.73. The molecule has 0 aliphatic heterocycles. The van der Waals surface area contributed by atoms with Crippen molar-refractivity contribution in [2.24, 2.45) is 0 Å². The highest BCUT2D eigenvalue weighted by molar-refractivity contribution is 7.09. The molecule has 1 aromatic rings. The van der Waals surface area contributed by atoms with E-state index in [0.717, 1.165) is 13.0 Å². The van der Waals surface area contributed by atoms with E-state index >= 15 is 0 Å². The number of nitrogens with one attached hydrogen (secondary N) is 1. The van der Waals surface area contributed by atoms with Crippen LogP contribution in [-0.2, 0) is 11.8 Å². The maximum atomic E-state index is 4.73. The molecule has 1 aliphatic carbocycles. The van der Waals surface area contributed by atoms with Crippen molar-refractivity contribution in [3.05, 3.63) is 16.1 Å². The van der Waals surface area contributed by atoms with Crippen LogP contribution in [0.4, 0.5) is 0 Å². The first-order valence-electron chi connectivity index (χ1n) is 5.40. The van der Waals surface area contributed by atoms with Gasteiger partial charge in [-0.2, -0.15) is 0 Å². The maximum Gasteiger partial charge on any atom is 0.0928 e. The van der Waals surface area contributed by atoms with Gasteiger partial charge in [0, 0.05) is 17.3 Å². The Morgan fingerprint density at radius 2 is 2.36 bits per heavy atom. The molecule has 1 aliphatic rings. The predicted molar refractivity (Wildman–Crippen MR) is 60.9 cm³/mol. The van der Waals surface area contributed by atoms with Crippen molar-refractivity contribution >= 4 is 11.3 Å². The third kappa shape index (κ3) is 1.84. The molecule has 3 heteroatoms. The quantitative estimate of drug-likeness (QED) is 0.807. The van der Waals surface area contributed by atoms with Crippen molar-refractivity contribution in [1.29, 1.82) is 0 Å². The molecule has 0 unspecified atom stereocenters. The van der Waals surface area contributed by atoms with E-state index < -0.39 is 0 Å². The number of nitrogens with zero attached hydrogens (tertiary/aromatic N) is 1. The molecule has 0 bridgehead atoms. The fourth-order valence-corrected chi connectivity index (χ4v) is 2.92. The van der Waals surface area contributed by atoms with Gasteiger partial charge >= 0.3 is 0 Å². The number of aromatic nitrogens is 1. The van der Waals surface area contributed by atoms with Crippen LogP contribution < -0.4 is 5.32 Å². The summed E-state index contributed by atoms with van der Waals surface area (Å²) in [5, 5.41) is 6.84. The molecule has 1 N–H and O–H groups in total. The normalized spacial score (nSPS) is 18.4. The molecule has 0 amide bonds. The highest BCUT2D eigenvalue weighted by Gasteiger charge is 2.45. The fraction of sp³-hybridized carbons (Fsp3) is 0.727. The molecule has 0 atom stereocenters. The van der Waals surface area contributed by atoms with Gasteiger partial charge in [-0.25, -0.2) is 4.98 Å². The minimum absolute atomic E-state index is 0.400. The van der Waals surface area contributed by atoms with E-state index in [0.29, 0.717) is 5.41 Å². The first-order chi connectivity index (χ1) is 6.80. The van der Waals surface area contributed by atoms with E-state index in [1.807, 2.05) is 18.4 Å². The van der Waals surface area contributed by atoms with Crippen molar-refractivity contribution in [3.63, 3.8) is 0 Å². The molecule has 1 saturated carbocycles. The summed E-state index contributed by atoms with van der Waals surface area (Å²) in [6.45, 7) is 3.30. The van der Waals surface area contributed by atoms with E-state index in [9.17, 15) is 0 Å². The van der Waals surface area contributed by atoms with Crippen LogP contribution in [0.15, 0.2) is 5.38 Å². The smallest absolute Gasteiger partial charge is 0.0928 e. The summed E-state index contributed by atoms with van der Waals surface area (Å²) < 4.78 is 0. The van der Waals surface area contributed by atoms with Crippen molar-refractivity contribution in [2.45, 2.75) is 38.0 Å². The van der Waals surface area contributed by atoms with Gasteiger partial charge < -0.3 is 5.32 Å². The van der Waals surface area contributed by atoms with Crippen LogP contribution in [0.1, 0.15) is 36.9 Å². The second-order valence-electron chi connectivity index (χ2n) is 4.19. The van der Waals surface area contributed by atoms with E-state index in [1.165, 1.54) is 30.0 Å². The lowest BCUT2D eigenvalue weighted by Gasteiger charge is -2.10. The summed E-state index contributed by atoms with van der Waals surface area (Å²) >= 11 is 1.83. The Morgan fingerprint density at radius 1 is 1.57 bits per heavy atom. The Kier molecular flexibility index (Phi) is 2.88. The van der Waals surface area contributed by atoms with Crippen LogP contribution in [0.2, 0.25) is 0 Å². The van der Waals surface area contributed by atoms with Gasteiger partial charge in [0.2, 0.25) is 0 Å². The van der Waals surface area contributed by atoms with Crippen LogP contribution in [0.3, 0.4) is 0 Å². The average Bonchev–Trinajstić information content (AvgIpc) is 2.79. The second-order valence-corrected chi connectivity index (χ2v) is 5.13. The zero-order valence-corrected chi connectivity index (χ0v) is 9.78. The minimum atomic E-state index is 0.400. The topological polar surface area (TPSA) is 24.9 Å². The summed E-state index contributed by atoms with van der Waals surface area (Å²) in [6.07, 6.45) is 4.96. The van der Waals surface area contributed by atoms with Gasteiger partial charge in [0.15, 0.2) is 0 Å². The van der Waals surface area contributed by atoms with Gasteiger partial charge in [-0.1, -0.05) is 6.92 Å². The number of rotatable bonds is 5. The molecule has 2 nitrogen and oxygen atoms in total. The Morgan fingerprint density at radius 3 is 2.93 bits per heavy atom. The van der Waals surface area contributed by atoms with Crippen LogP contribution >= 0.6 is 11.3 Å². The summed E-state index contributed by atoms with van der Waals surface area (Å²) in [6, 6.07) is 0. The van der Waals surface area contributed by atoms with Crippen molar-refractivity contribution in [3.8, 4) is 0 Å². The summed E-state index contributed by atoms with van der Waals surface area (Å²) in [7, 11) is 2.03. The molecule has 0 aromatic carbocycles. The van der Waals surface area contributed by atoms with Crippen molar-refractivity contribution in [1.82, 2.24) is 10.3 Å². The summed E-state index contributed by atoms with van der Waals surface area (Å²) in [4.78, 5) is 4.73. The second kappa shape index (κ2) is 3.99. The highest BCUT2D eigenvalue weighted by atomic mass is 32.1. The van der Waals surface area contributed by atoms with Crippen LogP contribution in [0, 0.1) is 0 Å². The van der Waals surface area contributed by atoms with Crippen molar-refractivity contribution in [2.75, 3.05) is 13.6 Å². The molecule has 1 fully saturated rings. The Hall–Kier alpha value is -0.410. The third-order valence-electron chi connectivity index (χ3n) is 2.93. The lowest BCUT2D eigenvalue weighted by atomic mass is 10.0. The van der Waals surface area contributed by atoms with E-state index in [1.54, 1.807) is 0 Å². The number of likely N-dealkylation sites (N-methyl/N-ethyl adjacent to an activating group) is 1. The molecule has 2 rings (SSSR count). The number of thiazole rings is 1. The average molecular weight is 210 g/mol. The number of aryl methyl sites for hydroxylation is 1. The maximum absolute atomic E-state index is 4.73. The van der Waals surface area contributed by atoms with Gasteiger partial charge in [0.25, 0.3) is 0 Å². The SMILES string of the molecule is CCCc1nc(C2(CNC)CC2)cs1. The van der Waals surface area contributed by atoms with Crippen LogP contribution in [0.25, 0.3) is 0 Å². The van der Waals surface area contributed by atoms with Gasteiger partial charge in [0.1, 0.15) is 0 Å². The molecular formula is C11H18N2S. The van der Waals surface area contributed by atoms with Crippen LogP contribution in [0.5, 0.6) is 0 Å². The molecule has 1 heterocycles. The Balaban J connectivity index is 2.08. The van der Waals surface area contributed by atoms with Gasteiger partial charge in [-0.3, -0.25) is 0 Å². The molecular weight excluding hydrogens is 192 g/mol. The predicted octanol–water partition coefficient (Wildman–Crippen LogP) is 2.35. The Labute approximate surface area is 89.8 Å². The first-order valence-corrected chi connectivity index (χ1v) is 6.28. The van der Waals surface area contributed by atoms with E-state index in [2.05, 4.69) is 17.6 Å². The zero-order chi connectivity index (χ0) is 10.0. The molecule has 1 aromatic heterocycles. The first kappa shape index (κ1) is 10.1. The van der Waals surface area contributed by atoms with Gasteiger partial charge in [-0.15, -0.1) is 11.3 Å². The molecule has 0 radical (unpaired) electrons. The number of hydrogen-bond acceptors (Lipinski definition) is 3. The monoisotopic (exact) mass is 210 g/mol. The fourth-order valence-electron chi connectivity index (χ4n) is 1.90. The molecule has 0 spiro atoms. The lowest BCUT2D eigenvalue weighted by molar-refractivity contribution is 0.608. The highest BCUT2D eigenvalue weighted by Crippen LogP contribution is 2.47. The molecule has 14 heavy (non-hydrogen) atoms. The van der Waals surface area contributed by atoms with Crippen LogP contribution in [-0.4, -0.2) is 18.6 Å². The van der Waals surface area contributed by atoms with E-state index in [-0.39, 0.29) is 0 Å². The molecule has 78 valence electrons.